The molecule has 1 saturated heterocycles. The number of thioether (sulfide) groups is 1. The number of amidine groups is 1. The molecule has 2 aromatic rings. The zero-order valence-electron chi connectivity index (χ0n) is 15.6. The van der Waals surface area contributed by atoms with Gasteiger partial charge in [-0.3, -0.25) is 0 Å². The van der Waals surface area contributed by atoms with Crippen molar-refractivity contribution < 1.29 is 13.2 Å². The Balaban J connectivity index is 0.00000280. The van der Waals surface area contributed by atoms with Crippen LogP contribution in [0, 0.1) is 6.92 Å². The average molecular weight is 442 g/mol. The van der Waals surface area contributed by atoms with Crippen LogP contribution in [0.2, 0.25) is 0 Å². The van der Waals surface area contributed by atoms with Crippen molar-refractivity contribution >= 4 is 45.0 Å². The molecule has 2 aromatic carbocycles. The first-order valence-corrected chi connectivity index (χ1v) is 11.1. The van der Waals surface area contributed by atoms with E-state index < -0.39 is 10.0 Å². The van der Waals surface area contributed by atoms with Crippen LogP contribution in [-0.2, 0) is 20.5 Å². The predicted octanol–water partition coefficient (Wildman–Crippen LogP) is 3.32. The van der Waals surface area contributed by atoms with Crippen molar-refractivity contribution in [2.45, 2.75) is 17.6 Å². The number of halogens is 1. The standard InChI is InChI=1S/C19H23N3O3S2.ClH/c1-15-4-2-6-17(12-15)21-19(20)26-14-16-5-3-7-18(13-16)27(23,24)22-8-10-25-11-9-22;/h2-7,12-13H,8-11,14H2,1H3,(H2,20,21);1H. The van der Waals surface area contributed by atoms with Crippen LogP contribution in [0.3, 0.4) is 0 Å². The number of morpholine rings is 1. The fourth-order valence-corrected chi connectivity index (χ4v) is 4.89. The van der Waals surface area contributed by atoms with Crippen molar-refractivity contribution in [2.75, 3.05) is 26.3 Å². The zero-order valence-corrected chi connectivity index (χ0v) is 18.0. The molecule has 0 unspecified atom stereocenters. The summed E-state index contributed by atoms with van der Waals surface area (Å²) in [4.78, 5) is 4.70. The van der Waals surface area contributed by atoms with Crippen molar-refractivity contribution in [2.24, 2.45) is 10.7 Å². The lowest BCUT2D eigenvalue weighted by atomic mass is 10.2. The Labute approximate surface area is 176 Å². The molecule has 1 aliphatic rings. The van der Waals surface area contributed by atoms with Crippen molar-refractivity contribution in [1.29, 1.82) is 0 Å². The summed E-state index contributed by atoms with van der Waals surface area (Å²) in [6.45, 7) is 3.64. The van der Waals surface area contributed by atoms with Crippen molar-refractivity contribution in [3.05, 3.63) is 59.7 Å². The highest BCUT2D eigenvalue weighted by Crippen LogP contribution is 2.22. The molecular weight excluding hydrogens is 418 g/mol. The Morgan fingerprint density at radius 1 is 1.18 bits per heavy atom. The fourth-order valence-electron chi connectivity index (χ4n) is 2.75. The lowest BCUT2D eigenvalue weighted by Crippen LogP contribution is -2.40. The van der Waals surface area contributed by atoms with Gasteiger partial charge in [-0.25, -0.2) is 13.4 Å². The highest BCUT2D eigenvalue weighted by Gasteiger charge is 2.26. The molecule has 1 fully saturated rings. The van der Waals surface area contributed by atoms with Gasteiger partial charge in [0, 0.05) is 18.8 Å². The molecule has 2 N–H and O–H groups in total. The number of rotatable bonds is 5. The van der Waals surface area contributed by atoms with E-state index in [1.165, 1.54) is 16.1 Å². The van der Waals surface area contributed by atoms with Crippen molar-refractivity contribution in [3.63, 3.8) is 0 Å². The van der Waals surface area contributed by atoms with E-state index in [1.54, 1.807) is 18.2 Å². The van der Waals surface area contributed by atoms with Crippen LogP contribution in [0.25, 0.3) is 0 Å². The topological polar surface area (TPSA) is 85.0 Å². The maximum atomic E-state index is 12.8. The molecule has 1 aliphatic heterocycles. The van der Waals surface area contributed by atoms with E-state index in [0.717, 1.165) is 16.8 Å². The number of aryl methyl sites for hydroxylation is 1. The number of nitrogens with zero attached hydrogens (tertiary/aromatic N) is 2. The highest BCUT2D eigenvalue weighted by atomic mass is 35.5. The third-order valence-electron chi connectivity index (χ3n) is 4.13. The minimum absolute atomic E-state index is 0. The van der Waals surface area contributed by atoms with Crippen molar-refractivity contribution in [3.8, 4) is 0 Å². The largest absolute Gasteiger partial charge is 0.379 e. The second-order valence-corrected chi connectivity index (χ2v) is 9.18. The van der Waals surface area contributed by atoms with Gasteiger partial charge in [-0.05, 0) is 42.3 Å². The Morgan fingerprint density at radius 2 is 1.89 bits per heavy atom. The monoisotopic (exact) mass is 441 g/mol. The molecule has 6 nitrogen and oxygen atoms in total. The fraction of sp³-hybridized carbons (Fsp3) is 0.316. The number of hydrogen-bond acceptors (Lipinski definition) is 5. The van der Waals surface area contributed by atoms with E-state index in [2.05, 4.69) is 4.99 Å². The summed E-state index contributed by atoms with van der Waals surface area (Å²) in [6, 6.07) is 14.8. The lowest BCUT2D eigenvalue weighted by Gasteiger charge is -2.26. The van der Waals surface area contributed by atoms with Gasteiger partial charge in [0.05, 0.1) is 23.8 Å². The van der Waals surface area contributed by atoms with Crippen LogP contribution >= 0.6 is 24.2 Å². The van der Waals surface area contributed by atoms with Gasteiger partial charge >= 0.3 is 0 Å². The third kappa shape index (κ3) is 5.96. The molecule has 0 aliphatic carbocycles. The molecule has 1 heterocycles. The number of hydrogen-bond donors (Lipinski definition) is 1. The van der Waals surface area contributed by atoms with Gasteiger partial charge in [0.15, 0.2) is 5.17 Å². The minimum Gasteiger partial charge on any atom is -0.379 e. The first-order valence-electron chi connectivity index (χ1n) is 8.65. The Hall–Kier alpha value is -1.58. The van der Waals surface area contributed by atoms with Crippen LogP contribution in [0.4, 0.5) is 5.69 Å². The summed E-state index contributed by atoms with van der Waals surface area (Å²) in [5.74, 6) is 0.549. The highest BCUT2D eigenvalue weighted by molar-refractivity contribution is 8.13. The molecular formula is C19H24ClN3O3S2. The molecule has 0 spiro atoms. The van der Waals surface area contributed by atoms with E-state index in [4.69, 9.17) is 10.5 Å². The quantitative estimate of drug-likeness (QED) is 0.568. The van der Waals surface area contributed by atoms with Gasteiger partial charge in [-0.15, -0.1) is 12.4 Å². The summed E-state index contributed by atoms with van der Waals surface area (Å²) in [6.07, 6.45) is 0. The summed E-state index contributed by atoms with van der Waals surface area (Å²) in [5, 5.41) is 0.446. The van der Waals surface area contributed by atoms with Crippen molar-refractivity contribution in [1.82, 2.24) is 4.31 Å². The first kappa shape index (κ1) is 22.7. The van der Waals surface area contributed by atoms with Crippen LogP contribution in [-0.4, -0.2) is 44.2 Å². The second kappa shape index (κ2) is 10.3. The summed E-state index contributed by atoms with van der Waals surface area (Å²) in [7, 11) is -3.49. The number of ether oxygens (including phenoxy) is 1. The summed E-state index contributed by atoms with van der Waals surface area (Å²) in [5.41, 5.74) is 8.83. The number of nitrogens with two attached hydrogens (primary N) is 1. The Bertz CT molecular complexity index is 930. The van der Waals surface area contributed by atoms with Gasteiger partial charge in [0.2, 0.25) is 10.0 Å². The number of benzene rings is 2. The van der Waals surface area contributed by atoms with Crippen LogP contribution in [0.5, 0.6) is 0 Å². The molecule has 0 atom stereocenters. The summed E-state index contributed by atoms with van der Waals surface area (Å²) < 4.78 is 32.2. The SMILES string of the molecule is Cc1cccc(N=C(N)SCc2cccc(S(=O)(=O)N3CCOCC3)c2)c1.Cl. The predicted molar refractivity (Wildman–Crippen MR) is 117 cm³/mol. The molecule has 9 heteroatoms. The van der Waals surface area contributed by atoms with Gasteiger partial charge in [-0.2, -0.15) is 4.31 Å². The van der Waals surface area contributed by atoms with E-state index in [1.807, 2.05) is 37.3 Å². The lowest BCUT2D eigenvalue weighted by molar-refractivity contribution is 0.0730. The Morgan fingerprint density at radius 3 is 2.61 bits per heavy atom. The molecule has 3 rings (SSSR count). The number of sulfonamides is 1. The maximum absolute atomic E-state index is 12.8. The molecule has 0 bridgehead atoms. The second-order valence-electron chi connectivity index (χ2n) is 6.24. The molecule has 0 aromatic heterocycles. The number of aliphatic imine (C=N–C) groups is 1. The van der Waals surface area contributed by atoms with Crippen LogP contribution in [0.1, 0.15) is 11.1 Å². The van der Waals surface area contributed by atoms with Crippen LogP contribution in [0.15, 0.2) is 58.4 Å². The first-order chi connectivity index (χ1) is 12.9. The van der Waals surface area contributed by atoms with Gasteiger partial charge < -0.3 is 10.5 Å². The van der Waals surface area contributed by atoms with E-state index in [0.29, 0.717) is 42.1 Å². The molecule has 0 amide bonds. The van der Waals surface area contributed by atoms with Gasteiger partial charge in [0.25, 0.3) is 0 Å². The molecule has 152 valence electrons. The molecule has 0 radical (unpaired) electrons. The average Bonchev–Trinajstić information content (AvgIpc) is 2.67. The van der Waals surface area contributed by atoms with Gasteiger partial charge in [0.1, 0.15) is 0 Å². The van der Waals surface area contributed by atoms with E-state index in [-0.39, 0.29) is 12.4 Å². The van der Waals surface area contributed by atoms with E-state index in [9.17, 15) is 8.42 Å². The van der Waals surface area contributed by atoms with Gasteiger partial charge in [-0.1, -0.05) is 36.0 Å². The van der Waals surface area contributed by atoms with Crippen LogP contribution < -0.4 is 5.73 Å². The molecule has 0 saturated carbocycles. The minimum atomic E-state index is -3.49. The maximum Gasteiger partial charge on any atom is 0.243 e. The Kier molecular flexibility index (Phi) is 8.33. The summed E-state index contributed by atoms with van der Waals surface area (Å²) >= 11 is 1.38. The molecule has 28 heavy (non-hydrogen) atoms. The normalized spacial score (nSPS) is 15.8. The third-order valence-corrected chi connectivity index (χ3v) is 6.89. The smallest absolute Gasteiger partial charge is 0.243 e. The zero-order chi connectivity index (χ0) is 19.3. The van der Waals surface area contributed by atoms with E-state index >= 15 is 0 Å².